The topological polar surface area (TPSA) is 46.2 Å². The molecule has 5 heteroatoms. The lowest BCUT2D eigenvalue weighted by Crippen LogP contribution is -2.17. The normalized spacial score (nSPS) is 11.4. The van der Waals surface area contributed by atoms with Gasteiger partial charge in [0, 0.05) is 5.88 Å². The number of nitrogens with one attached hydrogen (secondary N) is 1. The van der Waals surface area contributed by atoms with Gasteiger partial charge in [0.1, 0.15) is 0 Å². The average Bonchev–Trinajstić information content (AvgIpc) is 2.27. The van der Waals surface area contributed by atoms with Gasteiger partial charge in [-0.2, -0.15) is 0 Å². The van der Waals surface area contributed by atoms with E-state index in [2.05, 4.69) is 4.72 Å². The van der Waals surface area contributed by atoms with Gasteiger partial charge in [-0.3, -0.25) is 4.72 Å². The van der Waals surface area contributed by atoms with Crippen LogP contribution in [0.5, 0.6) is 0 Å². The standard InChI is InChI=1S/C11H16ClNO2S/c1-2-10-6-3-4-7-11(10)13-16(14,15)9-5-8-12/h3-4,6-7,13H,2,5,8-9H2,1H3. The summed E-state index contributed by atoms with van der Waals surface area (Å²) in [4.78, 5) is 0. The first-order chi connectivity index (χ1) is 7.59. The van der Waals surface area contributed by atoms with Crippen molar-refractivity contribution >= 4 is 27.3 Å². The van der Waals surface area contributed by atoms with E-state index in [-0.39, 0.29) is 5.75 Å². The number of anilines is 1. The maximum atomic E-state index is 11.7. The van der Waals surface area contributed by atoms with Crippen LogP contribution < -0.4 is 4.72 Å². The van der Waals surface area contributed by atoms with Crippen LogP contribution >= 0.6 is 11.6 Å². The van der Waals surface area contributed by atoms with Gasteiger partial charge in [-0.25, -0.2) is 8.42 Å². The molecule has 0 unspecified atom stereocenters. The van der Waals surface area contributed by atoms with Crippen molar-refractivity contribution < 1.29 is 8.42 Å². The highest BCUT2D eigenvalue weighted by Crippen LogP contribution is 2.17. The van der Waals surface area contributed by atoms with Crippen LogP contribution in [0.4, 0.5) is 5.69 Å². The van der Waals surface area contributed by atoms with Crippen LogP contribution in [0.25, 0.3) is 0 Å². The van der Waals surface area contributed by atoms with E-state index in [4.69, 9.17) is 11.6 Å². The Hall–Kier alpha value is -0.740. The molecule has 1 aromatic rings. The van der Waals surface area contributed by atoms with E-state index in [1.54, 1.807) is 6.07 Å². The van der Waals surface area contributed by atoms with E-state index >= 15 is 0 Å². The molecular weight excluding hydrogens is 246 g/mol. The largest absolute Gasteiger partial charge is 0.283 e. The molecule has 1 rings (SSSR count). The van der Waals surface area contributed by atoms with Gasteiger partial charge in [-0.1, -0.05) is 25.1 Å². The minimum atomic E-state index is -3.26. The zero-order valence-electron chi connectivity index (χ0n) is 9.24. The van der Waals surface area contributed by atoms with Gasteiger partial charge in [0.05, 0.1) is 11.4 Å². The Morgan fingerprint density at radius 1 is 1.31 bits per heavy atom. The van der Waals surface area contributed by atoms with Gasteiger partial charge in [0.25, 0.3) is 0 Å². The van der Waals surface area contributed by atoms with E-state index in [1.165, 1.54) is 0 Å². The van der Waals surface area contributed by atoms with Crippen LogP contribution in [-0.2, 0) is 16.4 Å². The summed E-state index contributed by atoms with van der Waals surface area (Å²) in [7, 11) is -3.26. The molecule has 90 valence electrons. The Bertz CT molecular complexity index is 431. The van der Waals surface area contributed by atoms with Gasteiger partial charge in [0.15, 0.2) is 0 Å². The smallest absolute Gasteiger partial charge is 0.232 e. The van der Waals surface area contributed by atoms with Crippen LogP contribution in [-0.4, -0.2) is 20.1 Å². The number of halogens is 1. The van der Waals surface area contributed by atoms with Crippen LogP contribution in [0.3, 0.4) is 0 Å². The molecule has 0 atom stereocenters. The Kier molecular flexibility index (Phi) is 5.09. The summed E-state index contributed by atoms with van der Waals surface area (Å²) in [6.07, 6.45) is 1.26. The number of hydrogen-bond acceptors (Lipinski definition) is 2. The summed E-state index contributed by atoms with van der Waals surface area (Å²) in [6, 6.07) is 7.41. The predicted octanol–water partition coefficient (Wildman–Crippen LogP) is 2.62. The third-order valence-corrected chi connectivity index (χ3v) is 3.83. The number of rotatable bonds is 6. The van der Waals surface area contributed by atoms with Gasteiger partial charge in [-0.15, -0.1) is 11.6 Å². The van der Waals surface area contributed by atoms with Crippen molar-refractivity contribution in [2.75, 3.05) is 16.4 Å². The summed E-state index contributed by atoms with van der Waals surface area (Å²) < 4.78 is 25.9. The predicted molar refractivity (Wildman–Crippen MR) is 68.6 cm³/mol. The molecule has 16 heavy (non-hydrogen) atoms. The highest BCUT2D eigenvalue weighted by molar-refractivity contribution is 7.92. The molecule has 0 bridgehead atoms. The fraction of sp³-hybridized carbons (Fsp3) is 0.455. The van der Waals surface area contributed by atoms with E-state index in [0.717, 1.165) is 12.0 Å². The zero-order chi connectivity index (χ0) is 12.0. The second kappa shape index (κ2) is 6.11. The molecule has 0 aliphatic rings. The SMILES string of the molecule is CCc1ccccc1NS(=O)(=O)CCCCl. The monoisotopic (exact) mass is 261 g/mol. The van der Waals surface area contributed by atoms with Crippen molar-refractivity contribution in [2.45, 2.75) is 19.8 Å². The first-order valence-electron chi connectivity index (χ1n) is 5.23. The van der Waals surface area contributed by atoms with Crippen molar-refractivity contribution in [1.82, 2.24) is 0 Å². The number of para-hydroxylation sites is 1. The minimum Gasteiger partial charge on any atom is -0.283 e. The lowest BCUT2D eigenvalue weighted by molar-refractivity contribution is 0.600. The molecule has 3 nitrogen and oxygen atoms in total. The van der Waals surface area contributed by atoms with Gasteiger partial charge in [0.2, 0.25) is 10.0 Å². The number of benzene rings is 1. The van der Waals surface area contributed by atoms with Crippen molar-refractivity contribution in [3.63, 3.8) is 0 Å². The molecule has 0 fully saturated rings. The number of alkyl halides is 1. The van der Waals surface area contributed by atoms with E-state index in [9.17, 15) is 8.42 Å². The highest BCUT2D eigenvalue weighted by Gasteiger charge is 2.11. The number of hydrogen-bond donors (Lipinski definition) is 1. The molecule has 0 heterocycles. The molecule has 0 saturated heterocycles. The summed E-state index contributed by atoms with van der Waals surface area (Å²) >= 11 is 5.48. The highest BCUT2D eigenvalue weighted by atomic mass is 35.5. The van der Waals surface area contributed by atoms with E-state index < -0.39 is 10.0 Å². The summed E-state index contributed by atoms with van der Waals surface area (Å²) in [5, 5.41) is 0. The molecule has 0 saturated carbocycles. The second-order valence-corrected chi connectivity index (χ2v) is 5.69. The maximum absolute atomic E-state index is 11.7. The molecule has 0 spiro atoms. The van der Waals surface area contributed by atoms with Crippen molar-refractivity contribution in [3.05, 3.63) is 29.8 Å². The lowest BCUT2D eigenvalue weighted by Gasteiger charge is -2.10. The Labute approximate surface area is 102 Å². The van der Waals surface area contributed by atoms with Crippen LogP contribution in [0.1, 0.15) is 18.9 Å². The van der Waals surface area contributed by atoms with Gasteiger partial charge >= 0.3 is 0 Å². The maximum Gasteiger partial charge on any atom is 0.232 e. The Morgan fingerprint density at radius 2 is 2.00 bits per heavy atom. The molecule has 1 N–H and O–H groups in total. The summed E-state index contributed by atoms with van der Waals surface area (Å²) in [6.45, 7) is 1.99. The molecule has 0 amide bonds. The number of sulfonamides is 1. The molecule has 0 aliphatic carbocycles. The zero-order valence-corrected chi connectivity index (χ0v) is 10.8. The van der Waals surface area contributed by atoms with Crippen molar-refractivity contribution in [3.8, 4) is 0 Å². The van der Waals surface area contributed by atoms with Gasteiger partial charge in [-0.05, 0) is 24.5 Å². The summed E-state index contributed by atoms with van der Waals surface area (Å²) in [5.74, 6) is 0.422. The fourth-order valence-corrected chi connectivity index (χ4v) is 2.84. The molecular formula is C11H16ClNO2S. The van der Waals surface area contributed by atoms with E-state index in [1.807, 2.05) is 25.1 Å². The third kappa shape index (κ3) is 4.02. The molecule has 0 radical (unpaired) electrons. The minimum absolute atomic E-state index is 0.0640. The van der Waals surface area contributed by atoms with Gasteiger partial charge < -0.3 is 0 Å². The Balaban J connectivity index is 2.79. The lowest BCUT2D eigenvalue weighted by atomic mass is 10.1. The number of aryl methyl sites for hydroxylation is 1. The van der Waals surface area contributed by atoms with Crippen LogP contribution in [0, 0.1) is 0 Å². The Morgan fingerprint density at radius 3 is 2.62 bits per heavy atom. The second-order valence-electron chi connectivity index (χ2n) is 3.47. The van der Waals surface area contributed by atoms with Crippen molar-refractivity contribution in [1.29, 1.82) is 0 Å². The quantitative estimate of drug-likeness (QED) is 0.800. The molecule has 0 aromatic heterocycles. The summed E-state index contributed by atoms with van der Waals surface area (Å²) in [5.41, 5.74) is 1.66. The molecule has 1 aromatic carbocycles. The first kappa shape index (κ1) is 13.3. The van der Waals surface area contributed by atoms with Crippen molar-refractivity contribution in [2.24, 2.45) is 0 Å². The van der Waals surface area contributed by atoms with Crippen LogP contribution in [0.15, 0.2) is 24.3 Å². The van der Waals surface area contributed by atoms with E-state index in [0.29, 0.717) is 18.0 Å². The average molecular weight is 262 g/mol. The molecule has 0 aliphatic heterocycles. The van der Waals surface area contributed by atoms with Crippen LogP contribution in [0.2, 0.25) is 0 Å². The third-order valence-electron chi connectivity index (χ3n) is 2.21. The fourth-order valence-electron chi connectivity index (χ4n) is 1.39. The first-order valence-corrected chi connectivity index (χ1v) is 7.42.